The Labute approximate surface area is 201 Å². The normalized spacial score (nSPS) is 17.1. The Morgan fingerprint density at radius 3 is 2.42 bits per heavy atom. The van der Waals surface area contributed by atoms with Crippen molar-refractivity contribution in [2.75, 3.05) is 18.0 Å². The summed E-state index contributed by atoms with van der Waals surface area (Å²) in [7, 11) is 0. The number of carboxylic acids is 1. The summed E-state index contributed by atoms with van der Waals surface area (Å²) in [5.41, 5.74) is 2.31. The zero-order chi connectivity index (χ0) is 22.9. The molecule has 2 aromatic heterocycles. The van der Waals surface area contributed by atoms with Crippen LogP contribution in [0.4, 0.5) is 5.82 Å². The van der Waals surface area contributed by atoms with Gasteiger partial charge in [0.05, 0.1) is 22.4 Å². The second-order valence-corrected chi connectivity index (χ2v) is 9.24. The fourth-order valence-electron chi connectivity index (χ4n) is 4.16. The van der Waals surface area contributed by atoms with Crippen LogP contribution in [0.25, 0.3) is 17.3 Å². The molecular formula is C24H22Cl2N4O3. The van der Waals surface area contributed by atoms with Gasteiger partial charge in [-0.25, -0.2) is 14.8 Å². The van der Waals surface area contributed by atoms with Crippen molar-refractivity contribution in [1.29, 1.82) is 0 Å². The number of halogens is 2. The number of allylic oxidation sites excluding steroid dienone is 1. The Hall–Kier alpha value is -2.90. The Bertz CT molecular complexity index is 1180. The number of carboxylic acid groups (broad SMARTS) is 1. The van der Waals surface area contributed by atoms with Crippen molar-refractivity contribution in [3.63, 3.8) is 0 Å². The first kappa shape index (κ1) is 21.9. The van der Waals surface area contributed by atoms with Crippen LogP contribution in [0.5, 0.6) is 0 Å². The molecular weight excluding hydrogens is 463 g/mol. The number of hydrogen-bond donors (Lipinski definition) is 1. The van der Waals surface area contributed by atoms with E-state index < -0.39 is 5.97 Å². The predicted molar refractivity (Wildman–Crippen MR) is 127 cm³/mol. The van der Waals surface area contributed by atoms with Gasteiger partial charge in [0, 0.05) is 30.1 Å². The summed E-state index contributed by atoms with van der Waals surface area (Å²) in [5, 5.41) is 14.4. The smallest absolute Gasteiger partial charge is 0.356 e. The van der Waals surface area contributed by atoms with E-state index in [1.165, 1.54) is 12.4 Å². The fraction of sp³-hybridized carbons (Fsp3) is 0.333. The van der Waals surface area contributed by atoms with Gasteiger partial charge in [-0.05, 0) is 43.7 Å². The summed E-state index contributed by atoms with van der Waals surface area (Å²) in [6.45, 7) is 1.64. The van der Waals surface area contributed by atoms with Gasteiger partial charge in [-0.2, -0.15) is 0 Å². The van der Waals surface area contributed by atoms with Crippen LogP contribution in [0.3, 0.4) is 0 Å². The molecule has 1 N–H and O–H groups in total. The minimum Gasteiger partial charge on any atom is -0.476 e. The van der Waals surface area contributed by atoms with Crippen molar-refractivity contribution < 1.29 is 14.4 Å². The van der Waals surface area contributed by atoms with Gasteiger partial charge in [-0.3, -0.25) is 0 Å². The molecule has 0 unspecified atom stereocenters. The lowest BCUT2D eigenvalue weighted by atomic mass is 9.94. The fourth-order valence-corrected chi connectivity index (χ4v) is 4.74. The summed E-state index contributed by atoms with van der Waals surface area (Å²) < 4.78 is 5.74. The first-order valence-corrected chi connectivity index (χ1v) is 11.7. The summed E-state index contributed by atoms with van der Waals surface area (Å²) in [5.74, 6) is 1.33. The standard InChI is InChI=1S/C24H22Cl2N4O3/c25-17-2-1-3-18(26)21(17)22-16(23(33-29-22)15-5-6-15)7-4-14-8-10-30(11-9-14)20-13-27-19(12-28-20)24(31)32/h1-4,7,12-15H,5-6,8-11H2,(H,31,32)/b7-4+. The molecule has 1 saturated carbocycles. The van der Waals surface area contributed by atoms with E-state index in [-0.39, 0.29) is 5.69 Å². The van der Waals surface area contributed by atoms with Crippen molar-refractivity contribution in [2.45, 2.75) is 31.6 Å². The molecule has 3 heterocycles. The van der Waals surface area contributed by atoms with E-state index in [1.807, 2.05) is 18.2 Å². The van der Waals surface area contributed by atoms with Crippen LogP contribution in [0.1, 0.15) is 53.4 Å². The number of benzene rings is 1. The van der Waals surface area contributed by atoms with Crippen LogP contribution in [0.2, 0.25) is 10.0 Å². The SMILES string of the molecule is O=C(O)c1cnc(N2CCC(/C=C/c3c(-c4c(Cl)cccc4Cl)noc3C3CC3)CC2)cn1. The average molecular weight is 485 g/mol. The minimum absolute atomic E-state index is 0.0498. The molecule has 7 nitrogen and oxygen atoms in total. The number of hydrogen-bond acceptors (Lipinski definition) is 6. The number of aromatic carboxylic acids is 1. The molecule has 33 heavy (non-hydrogen) atoms. The lowest BCUT2D eigenvalue weighted by molar-refractivity contribution is 0.0690. The summed E-state index contributed by atoms with van der Waals surface area (Å²) >= 11 is 12.9. The summed E-state index contributed by atoms with van der Waals surface area (Å²) in [4.78, 5) is 21.3. The molecule has 170 valence electrons. The first-order valence-electron chi connectivity index (χ1n) is 10.9. The highest BCUT2D eigenvalue weighted by Crippen LogP contribution is 2.46. The van der Waals surface area contributed by atoms with E-state index in [1.54, 1.807) is 0 Å². The highest BCUT2D eigenvalue weighted by Gasteiger charge is 2.32. The number of anilines is 1. The molecule has 1 aromatic carbocycles. The lowest BCUT2D eigenvalue weighted by Gasteiger charge is -2.31. The van der Waals surface area contributed by atoms with Crippen LogP contribution in [-0.4, -0.2) is 39.3 Å². The van der Waals surface area contributed by atoms with Crippen molar-refractivity contribution in [1.82, 2.24) is 15.1 Å². The molecule has 0 bridgehead atoms. The third-order valence-corrected chi connectivity index (χ3v) is 6.79. The Morgan fingerprint density at radius 1 is 1.09 bits per heavy atom. The molecule has 0 spiro atoms. The van der Waals surface area contributed by atoms with Gasteiger partial charge >= 0.3 is 5.97 Å². The van der Waals surface area contributed by atoms with Gasteiger partial charge in [0.2, 0.25) is 0 Å². The molecule has 3 aromatic rings. The van der Waals surface area contributed by atoms with Crippen molar-refractivity contribution in [2.24, 2.45) is 5.92 Å². The van der Waals surface area contributed by atoms with Crippen LogP contribution >= 0.6 is 23.2 Å². The van der Waals surface area contributed by atoms with Gasteiger partial charge in [-0.1, -0.05) is 46.6 Å². The molecule has 9 heteroatoms. The van der Waals surface area contributed by atoms with E-state index in [2.05, 4.69) is 32.2 Å². The van der Waals surface area contributed by atoms with Gasteiger partial charge in [0.1, 0.15) is 17.3 Å². The highest BCUT2D eigenvalue weighted by molar-refractivity contribution is 6.39. The van der Waals surface area contributed by atoms with E-state index in [0.717, 1.165) is 50.1 Å². The highest BCUT2D eigenvalue weighted by atomic mass is 35.5. The van der Waals surface area contributed by atoms with Gasteiger partial charge in [0.15, 0.2) is 5.69 Å². The molecule has 1 aliphatic carbocycles. The maximum absolute atomic E-state index is 11.0. The van der Waals surface area contributed by atoms with E-state index >= 15 is 0 Å². The number of aromatic nitrogens is 3. The summed E-state index contributed by atoms with van der Waals surface area (Å²) in [6, 6.07) is 5.44. The van der Waals surface area contributed by atoms with Crippen molar-refractivity contribution in [3.05, 3.63) is 63.7 Å². The minimum atomic E-state index is -1.07. The Morgan fingerprint density at radius 2 is 1.82 bits per heavy atom. The van der Waals surface area contributed by atoms with E-state index in [9.17, 15) is 4.79 Å². The van der Waals surface area contributed by atoms with Gasteiger partial charge in [0.25, 0.3) is 0 Å². The lowest BCUT2D eigenvalue weighted by Crippen LogP contribution is -2.33. The zero-order valence-corrected chi connectivity index (χ0v) is 19.3. The molecule has 1 saturated heterocycles. The number of carbonyl (C=O) groups is 1. The van der Waals surface area contributed by atoms with Crippen molar-refractivity contribution in [3.8, 4) is 11.3 Å². The second kappa shape index (κ2) is 9.15. The molecule has 0 atom stereocenters. The third-order valence-electron chi connectivity index (χ3n) is 6.16. The number of piperidine rings is 1. The third kappa shape index (κ3) is 4.61. The van der Waals surface area contributed by atoms with Gasteiger partial charge in [-0.15, -0.1) is 0 Å². The molecule has 0 radical (unpaired) electrons. The molecule has 2 fully saturated rings. The maximum atomic E-state index is 11.0. The van der Waals surface area contributed by atoms with Crippen molar-refractivity contribution >= 4 is 41.1 Å². The quantitative estimate of drug-likeness (QED) is 0.462. The molecule has 0 amide bonds. The van der Waals surface area contributed by atoms with E-state index in [4.69, 9.17) is 32.8 Å². The monoisotopic (exact) mass is 484 g/mol. The Kier molecular flexibility index (Phi) is 6.08. The topological polar surface area (TPSA) is 92.3 Å². The molecule has 5 rings (SSSR count). The first-order chi connectivity index (χ1) is 16.0. The largest absolute Gasteiger partial charge is 0.476 e. The summed E-state index contributed by atoms with van der Waals surface area (Å²) in [6.07, 6.45) is 11.3. The van der Waals surface area contributed by atoms with E-state index in [0.29, 0.717) is 39.0 Å². The maximum Gasteiger partial charge on any atom is 0.356 e. The average Bonchev–Trinajstić information content (AvgIpc) is 3.58. The predicted octanol–water partition coefficient (Wildman–Crippen LogP) is 5.94. The molecule has 1 aliphatic heterocycles. The number of rotatable bonds is 6. The van der Waals surface area contributed by atoms with Crippen LogP contribution < -0.4 is 4.90 Å². The van der Waals surface area contributed by atoms with Gasteiger partial charge < -0.3 is 14.5 Å². The molecule has 2 aliphatic rings. The van der Waals surface area contributed by atoms with Crippen LogP contribution in [0.15, 0.2) is 41.2 Å². The Balaban J connectivity index is 1.32. The van der Waals surface area contributed by atoms with Crippen LogP contribution in [-0.2, 0) is 0 Å². The van der Waals surface area contributed by atoms with Crippen LogP contribution in [0, 0.1) is 5.92 Å². The second-order valence-electron chi connectivity index (χ2n) is 8.43. The zero-order valence-electron chi connectivity index (χ0n) is 17.7. The number of nitrogens with zero attached hydrogens (tertiary/aromatic N) is 4.